The van der Waals surface area contributed by atoms with Gasteiger partial charge in [0.1, 0.15) is 42.1 Å². The molecule has 0 bridgehead atoms. The van der Waals surface area contributed by atoms with E-state index in [9.17, 15) is 4.79 Å². The minimum absolute atomic E-state index is 0.00554. The number of aromatic nitrogens is 1. The van der Waals surface area contributed by atoms with E-state index in [2.05, 4.69) is 4.98 Å². The van der Waals surface area contributed by atoms with Crippen LogP contribution < -0.4 is 14.4 Å². The molecule has 3 aromatic carbocycles. The maximum Gasteiger partial charge on any atom is 0.253 e. The predicted molar refractivity (Wildman–Crippen MR) is 122 cm³/mol. The fraction of sp³-hybridized carbons (Fsp3) is 0.154. The summed E-state index contributed by atoms with van der Waals surface area (Å²) in [5, 5.41) is 1.02. The van der Waals surface area contributed by atoms with Crippen molar-refractivity contribution in [2.45, 2.75) is 6.10 Å². The van der Waals surface area contributed by atoms with E-state index in [1.165, 1.54) is 0 Å². The molecule has 1 aliphatic rings. The largest absolute Gasteiger partial charge is 0.489 e. The van der Waals surface area contributed by atoms with Crippen molar-refractivity contribution in [1.29, 1.82) is 0 Å². The third-order valence-corrected chi connectivity index (χ3v) is 5.26. The second kappa shape index (κ2) is 9.08. The Morgan fingerprint density at radius 2 is 1.75 bits per heavy atom. The smallest absolute Gasteiger partial charge is 0.253 e. The Labute approximate surface area is 186 Å². The molecule has 1 saturated heterocycles. The first-order valence-corrected chi connectivity index (χ1v) is 10.5. The molecule has 160 valence electrons. The molecule has 0 spiro atoms. The van der Waals surface area contributed by atoms with Gasteiger partial charge in [-0.2, -0.15) is 0 Å². The molecule has 0 N–H and O–H groups in total. The average Bonchev–Trinajstić information content (AvgIpc) is 2.84. The van der Waals surface area contributed by atoms with Crippen LogP contribution in [0.25, 0.3) is 10.9 Å². The topological polar surface area (TPSA) is 60.9 Å². The second-order valence-electron chi connectivity index (χ2n) is 7.49. The molecule has 1 amide bonds. The first-order valence-electron chi connectivity index (χ1n) is 10.5. The summed E-state index contributed by atoms with van der Waals surface area (Å²) in [4.78, 5) is 18.7. The van der Waals surface area contributed by atoms with Crippen LogP contribution in [0.4, 0.5) is 5.69 Å². The van der Waals surface area contributed by atoms with Crippen molar-refractivity contribution in [3.05, 3.63) is 91.1 Å². The van der Waals surface area contributed by atoms with Crippen molar-refractivity contribution in [2.75, 3.05) is 24.7 Å². The van der Waals surface area contributed by atoms with Crippen LogP contribution >= 0.6 is 0 Å². The zero-order valence-electron chi connectivity index (χ0n) is 17.4. The average molecular weight is 426 g/mol. The van der Waals surface area contributed by atoms with Crippen molar-refractivity contribution < 1.29 is 19.0 Å². The fourth-order valence-electron chi connectivity index (χ4n) is 3.69. The number of rotatable bonds is 6. The van der Waals surface area contributed by atoms with Gasteiger partial charge in [-0.05, 0) is 36.4 Å². The van der Waals surface area contributed by atoms with Gasteiger partial charge in [-0.25, -0.2) is 0 Å². The van der Waals surface area contributed by atoms with E-state index in [4.69, 9.17) is 14.2 Å². The number of hydrogen-bond donors (Lipinski definition) is 0. The zero-order valence-corrected chi connectivity index (χ0v) is 17.4. The highest BCUT2D eigenvalue weighted by atomic mass is 16.5. The van der Waals surface area contributed by atoms with Crippen LogP contribution in [0.3, 0.4) is 0 Å². The molecule has 0 aliphatic carbocycles. The quantitative estimate of drug-likeness (QED) is 0.442. The number of para-hydroxylation sites is 2. The molecule has 32 heavy (non-hydrogen) atoms. The van der Waals surface area contributed by atoms with Crippen LogP contribution in [0.2, 0.25) is 0 Å². The van der Waals surface area contributed by atoms with Gasteiger partial charge in [-0.15, -0.1) is 0 Å². The van der Waals surface area contributed by atoms with Crippen molar-refractivity contribution in [1.82, 2.24) is 4.98 Å². The van der Waals surface area contributed by atoms with E-state index in [1.54, 1.807) is 11.1 Å². The minimum atomic E-state index is -0.259. The first kappa shape index (κ1) is 20.0. The van der Waals surface area contributed by atoms with Crippen LogP contribution in [-0.2, 0) is 9.53 Å². The summed E-state index contributed by atoms with van der Waals surface area (Å²) >= 11 is 0. The summed E-state index contributed by atoms with van der Waals surface area (Å²) in [6.07, 6.45) is 1.49. The molecule has 6 nitrogen and oxygen atoms in total. The van der Waals surface area contributed by atoms with Crippen molar-refractivity contribution in [3.8, 4) is 17.2 Å². The molecule has 1 aromatic heterocycles. The van der Waals surface area contributed by atoms with Crippen LogP contribution in [0.5, 0.6) is 17.2 Å². The lowest BCUT2D eigenvalue weighted by atomic mass is 10.2. The number of amides is 1. The molecular formula is C26H22N2O4. The standard InChI is InChI=1S/C26H22N2O4/c29-25-18-30-23(17-31-24-13-4-7-19-8-6-14-27-26(19)24)16-28(25)20-9-5-12-22(15-20)32-21-10-2-1-3-11-21/h1-15,23H,16-18H2. The Morgan fingerprint density at radius 3 is 2.66 bits per heavy atom. The molecule has 4 aromatic rings. The number of anilines is 1. The Kier molecular flexibility index (Phi) is 5.68. The van der Waals surface area contributed by atoms with Gasteiger partial charge in [0.15, 0.2) is 0 Å². The Morgan fingerprint density at radius 1 is 0.938 bits per heavy atom. The van der Waals surface area contributed by atoms with Gasteiger partial charge in [0, 0.05) is 23.3 Å². The third-order valence-electron chi connectivity index (χ3n) is 5.26. The highest BCUT2D eigenvalue weighted by Gasteiger charge is 2.28. The number of nitrogens with zero attached hydrogens (tertiary/aromatic N) is 2. The van der Waals surface area contributed by atoms with Gasteiger partial charge >= 0.3 is 0 Å². The number of hydrogen-bond acceptors (Lipinski definition) is 5. The Balaban J connectivity index is 1.28. The highest BCUT2D eigenvalue weighted by molar-refractivity contribution is 5.95. The number of carbonyl (C=O) groups excluding carboxylic acids is 1. The normalized spacial score (nSPS) is 16.2. The maximum absolute atomic E-state index is 12.6. The summed E-state index contributed by atoms with van der Waals surface area (Å²) in [7, 11) is 0. The Bertz CT molecular complexity index is 1220. The lowest BCUT2D eigenvalue weighted by molar-refractivity contribution is -0.130. The van der Waals surface area contributed by atoms with Gasteiger partial charge in [0.25, 0.3) is 5.91 Å². The number of morpholine rings is 1. The molecule has 1 atom stereocenters. The SMILES string of the molecule is O=C1COC(COc2cccc3cccnc23)CN1c1cccc(Oc2ccccc2)c1. The number of pyridine rings is 1. The number of fused-ring (bicyclic) bond motifs is 1. The molecule has 2 heterocycles. The molecular weight excluding hydrogens is 404 g/mol. The summed E-state index contributed by atoms with van der Waals surface area (Å²) < 4.78 is 17.7. The van der Waals surface area contributed by atoms with E-state index in [-0.39, 0.29) is 18.6 Å². The third kappa shape index (κ3) is 4.40. The Hall–Kier alpha value is -3.90. The monoisotopic (exact) mass is 426 g/mol. The fourth-order valence-corrected chi connectivity index (χ4v) is 3.69. The van der Waals surface area contributed by atoms with Crippen molar-refractivity contribution in [2.24, 2.45) is 0 Å². The molecule has 0 radical (unpaired) electrons. The van der Waals surface area contributed by atoms with E-state index in [1.807, 2.05) is 84.9 Å². The molecule has 1 fully saturated rings. The van der Waals surface area contributed by atoms with E-state index in [0.717, 1.165) is 22.3 Å². The van der Waals surface area contributed by atoms with Crippen molar-refractivity contribution >= 4 is 22.5 Å². The highest BCUT2D eigenvalue weighted by Crippen LogP contribution is 2.28. The number of ether oxygens (including phenoxy) is 3. The van der Waals surface area contributed by atoms with E-state index < -0.39 is 0 Å². The van der Waals surface area contributed by atoms with Gasteiger partial charge in [-0.3, -0.25) is 9.78 Å². The van der Waals surface area contributed by atoms with Crippen LogP contribution in [0.1, 0.15) is 0 Å². The zero-order chi connectivity index (χ0) is 21.8. The second-order valence-corrected chi connectivity index (χ2v) is 7.49. The predicted octanol–water partition coefficient (Wildman–Crippen LogP) is 4.84. The molecule has 1 aliphatic heterocycles. The molecule has 0 saturated carbocycles. The maximum atomic E-state index is 12.6. The van der Waals surface area contributed by atoms with Gasteiger partial charge in [0.05, 0.1) is 6.54 Å². The number of benzene rings is 3. The molecule has 1 unspecified atom stereocenters. The van der Waals surface area contributed by atoms with Gasteiger partial charge in [-0.1, -0.05) is 42.5 Å². The summed E-state index contributed by atoms with van der Waals surface area (Å²) in [5.74, 6) is 2.02. The van der Waals surface area contributed by atoms with E-state index >= 15 is 0 Å². The van der Waals surface area contributed by atoms with Gasteiger partial charge in [0.2, 0.25) is 0 Å². The lowest BCUT2D eigenvalue weighted by Crippen LogP contribution is -2.48. The molecule has 5 rings (SSSR count). The lowest BCUT2D eigenvalue weighted by Gasteiger charge is -2.32. The summed E-state index contributed by atoms with van der Waals surface area (Å²) in [6, 6.07) is 26.8. The van der Waals surface area contributed by atoms with Crippen LogP contribution in [-0.4, -0.2) is 36.8 Å². The van der Waals surface area contributed by atoms with Gasteiger partial charge < -0.3 is 19.1 Å². The summed E-state index contributed by atoms with van der Waals surface area (Å²) in [5.41, 5.74) is 1.58. The van der Waals surface area contributed by atoms with Crippen molar-refractivity contribution in [3.63, 3.8) is 0 Å². The number of carbonyl (C=O) groups is 1. The minimum Gasteiger partial charge on any atom is -0.489 e. The first-order chi connectivity index (χ1) is 15.8. The molecule has 6 heteroatoms. The van der Waals surface area contributed by atoms with E-state index in [0.29, 0.717) is 24.7 Å². The van der Waals surface area contributed by atoms with Crippen LogP contribution in [0.15, 0.2) is 91.1 Å². The van der Waals surface area contributed by atoms with Crippen LogP contribution in [0, 0.1) is 0 Å². The summed E-state index contributed by atoms with van der Waals surface area (Å²) in [6.45, 7) is 0.719.